The SMILES string of the molecule is COc1ccccc1OCc1ccc(C(=O)NCCNC(=O)c2ccc(Cl)cc2)o1. The molecule has 0 bridgehead atoms. The summed E-state index contributed by atoms with van der Waals surface area (Å²) in [6, 6.07) is 17.1. The van der Waals surface area contributed by atoms with Crippen LogP contribution in [0.5, 0.6) is 11.5 Å². The zero-order valence-electron chi connectivity index (χ0n) is 16.3. The lowest BCUT2D eigenvalue weighted by molar-refractivity contribution is 0.0907. The van der Waals surface area contributed by atoms with Gasteiger partial charge in [-0.15, -0.1) is 0 Å². The van der Waals surface area contributed by atoms with E-state index in [1.807, 2.05) is 12.1 Å². The number of methoxy groups -OCH3 is 1. The Hall–Kier alpha value is -3.45. The first kappa shape index (κ1) is 21.3. The average Bonchev–Trinajstić information content (AvgIpc) is 3.25. The lowest BCUT2D eigenvalue weighted by Gasteiger charge is -2.09. The number of furan rings is 1. The molecule has 1 heterocycles. The van der Waals surface area contributed by atoms with Gasteiger partial charge in [-0.05, 0) is 48.5 Å². The van der Waals surface area contributed by atoms with Gasteiger partial charge in [-0.3, -0.25) is 9.59 Å². The minimum Gasteiger partial charge on any atom is -0.493 e. The third kappa shape index (κ3) is 5.78. The fourth-order valence-corrected chi connectivity index (χ4v) is 2.73. The highest BCUT2D eigenvalue weighted by Gasteiger charge is 2.12. The van der Waals surface area contributed by atoms with Gasteiger partial charge in [-0.25, -0.2) is 0 Å². The van der Waals surface area contributed by atoms with Crippen LogP contribution in [0.25, 0.3) is 0 Å². The molecule has 2 N–H and O–H groups in total. The summed E-state index contributed by atoms with van der Waals surface area (Å²) in [6.45, 7) is 0.689. The molecule has 3 aromatic rings. The molecule has 0 fully saturated rings. The van der Waals surface area contributed by atoms with Crippen molar-refractivity contribution in [3.63, 3.8) is 0 Å². The molecule has 0 unspecified atom stereocenters. The number of amides is 2. The summed E-state index contributed by atoms with van der Waals surface area (Å²) in [6.07, 6.45) is 0. The van der Waals surface area contributed by atoms with Crippen LogP contribution in [0.2, 0.25) is 5.02 Å². The van der Waals surface area contributed by atoms with Crippen LogP contribution in [0, 0.1) is 0 Å². The van der Waals surface area contributed by atoms with Crippen molar-refractivity contribution in [1.82, 2.24) is 10.6 Å². The normalized spacial score (nSPS) is 10.3. The number of hydrogen-bond donors (Lipinski definition) is 2. The van der Waals surface area contributed by atoms with Crippen LogP contribution < -0.4 is 20.1 Å². The molecule has 0 atom stereocenters. The highest BCUT2D eigenvalue weighted by Crippen LogP contribution is 2.26. The summed E-state index contributed by atoms with van der Waals surface area (Å²) >= 11 is 5.80. The summed E-state index contributed by atoms with van der Waals surface area (Å²) in [7, 11) is 1.56. The number of hydrogen-bond acceptors (Lipinski definition) is 5. The second kappa shape index (κ2) is 10.4. The molecule has 8 heteroatoms. The van der Waals surface area contributed by atoms with Gasteiger partial charge in [0.05, 0.1) is 7.11 Å². The smallest absolute Gasteiger partial charge is 0.287 e. The Morgan fingerprint density at radius 3 is 2.27 bits per heavy atom. The molecule has 0 aliphatic rings. The fourth-order valence-electron chi connectivity index (χ4n) is 2.61. The Kier molecular flexibility index (Phi) is 7.34. The van der Waals surface area contributed by atoms with Gasteiger partial charge in [0.15, 0.2) is 17.3 Å². The number of nitrogens with one attached hydrogen (secondary N) is 2. The van der Waals surface area contributed by atoms with Crippen LogP contribution in [0.4, 0.5) is 0 Å². The molecule has 0 radical (unpaired) electrons. The van der Waals surface area contributed by atoms with Crippen LogP contribution in [-0.4, -0.2) is 32.0 Å². The Labute approximate surface area is 178 Å². The predicted molar refractivity (Wildman–Crippen MR) is 112 cm³/mol. The lowest BCUT2D eigenvalue weighted by atomic mass is 10.2. The number of rotatable bonds is 9. The van der Waals surface area contributed by atoms with Crippen molar-refractivity contribution in [3.8, 4) is 11.5 Å². The Bertz CT molecular complexity index is 1000. The summed E-state index contributed by atoms with van der Waals surface area (Å²) in [5, 5.41) is 5.97. The quantitative estimate of drug-likeness (QED) is 0.507. The third-order valence-corrected chi connectivity index (χ3v) is 4.38. The molecule has 0 aliphatic carbocycles. The van der Waals surface area contributed by atoms with Gasteiger partial charge < -0.3 is 24.5 Å². The van der Waals surface area contributed by atoms with E-state index in [9.17, 15) is 9.59 Å². The second-order valence-corrected chi connectivity index (χ2v) is 6.66. The van der Waals surface area contributed by atoms with E-state index in [4.69, 9.17) is 25.5 Å². The number of halogens is 1. The third-order valence-electron chi connectivity index (χ3n) is 4.13. The van der Waals surface area contributed by atoms with Gasteiger partial charge in [0.25, 0.3) is 11.8 Å². The van der Waals surface area contributed by atoms with Crippen LogP contribution in [-0.2, 0) is 6.61 Å². The first-order valence-corrected chi connectivity index (χ1v) is 9.61. The lowest BCUT2D eigenvalue weighted by Crippen LogP contribution is -2.34. The van der Waals surface area contributed by atoms with Crippen molar-refractivity contribution in [2.24, 2.45) is 0 Å². The maximum Gasteiger partial charge on any atom is 0.287 e. The maximum absolute atomic E-state index is 12.2. The molecular weight excluding hydrogens is 408 g/mol. The van der Waals surface area contributed by atoms with E-state index in [1.54, 1.807) is 55.6 Å². The molecule has 0 saturated carbocycles. The molecule has 2 aromatic carbocycles. The highest BCUT2D eigenvalue weighted by atomic mass is 35.5. The maximum atomic E-state index is 12.2. The van der Waals surface area contributed by atoms with E-state index in [1.165, 1.54) is 0 Å². The van der Waals surface area contributed by atoms with E-state index in [0.29, 0.717) is 27.8 Å². The molecule has 2 amide bonds. The van der Waals surface area contributed by atoms with Gasteiger partial charge >= 0.3 is 0 Å². The molecule has 1 aromatic heterocycles. The first-order chi connectivity index (χ1) is 14.6. The summed E-state index contributed by atoms with van der Waals surface area (Å²) in [5.74, 6) is 1.25. The number of ether oxygens (including phenoxy) is 2. The molecule has 30 heavy (non-hydrogen) atoms. The van der Waals surface area contributed by atoms with Gasteiger partial charge in [0.1, 0.15) is 12.4 Å². The number of carbonyl (C=O) groups is 2. The topological polar surface area (TPSA) is 89.8 Å². The molecule has 0 spiro atoms. The van der Waals surface area contributed by atoms with Crippen LogP contribution in [0.3, 0.4) is 0 Å². The molecule has 0 saturated heterocycles. The van der Waals surface area contributed by atoms with E-state index >= 15 is 0 Å². The van der Waals surface area contributed by atoms with E-state index in [0.717, 1.165) is 0 Å². The molecule has 156 valence electrons. The molecule has 7 nitrogen and oxygen atoms in total. The summed E-state index contributed by atoms with van der Waals surface area (Å²) < 4.78 is 16.4. The van der Waals surface area contributed by atoms with E-state index in [-0.39, 0.29) is 37.3 Å². The molecule has 0 aliphatic heterocycles. The van der Waals surface area contributed by atoms with Crippen molar-refractivity contribution in [1.29, 1.82) is 0 Å². The van der Waals surface area contributed by atoms with Crippen molar-refractivity contribution in [3.05, 3.63) is 82.8 Å². The zero-order valence-corrected chi connectivity index (χ0v) is 17.1. The second-order valence-electron chi connectivity index (χ2n) is 6.22. The Morgan fingerprint density at radius 1 is 0.900 bits per heavy atom. The van der Waals surface area contributed by atoms with E-state index < -0.39 is 0 Å². The van der Waals surface area contributed by atoms with Crippen LogP contribution in [0.1, 0.15) is 26.7 Å². The van der Waals surface area contributed by atoms with Gasteiger partial charge in [0.2, 0.25) is 0 Å². The van der Waals surface area contributed by atoms with Crippen molar-refractivity contribution in [2.45, 2.75) is 6.61 Å². The summed E-state index contributed by atoms with van der Waals surface area (Å²) in [5.41, 5.74) is 0.497. The van der Waals surface area contributed by atoms with Gasteiger partial charge in [-0.1, -0.05) is 23.7 Å². The number of para-hydroxylation sites is 2. The number of benzene rings is 2. The largest absolute Gasteiger partial charge is 0.493 e. The monoisotopic (exact) mass is 428 g/mol. The van der Waals surface area contributed by atoms with Crippen molar-refractivity contribution in [2.75, 3.05) is 20.2 Å². The van der Waals surface area contributed by atoms with Crippen LogP contribution >= 0.6 is 11.6 Å². The van der Waals surface area contributed by atoms with Gasteiger partial charge in [-0.2, -0.15) is 0 Å². The van der Waals surface area contributed by atoms with E-state index in [2.05, 4.69) is 10.6 Å². The zero-order chi connectivity index (χ0) is 21.3. The first-order valence-electron chi connectivity index (χ1n) is 9.23. The van der Waals surface area contributed by atoms with Crippen molar-refractivity contribution >= 4 is 23.4 Å². The molecular formula is C22H21ClN2O5. The average molecular weight is 429 g/mol. The van der Waals surface area contributed by atoms with Crippen LogP contribution in [0.15, 0.2) is 65.1 Å². The minimum atomic E-state index is -0.376. The molecule has 3 rings (SSSR count). The summed E-state index contributed by atoms with van der Waals surface area (Å²) in [4.78, 5) is 24.2. The highest BCUT2D eigenvalue weighted by molar-refractivity contribution is 6.30. The Balaban J connectivity index is 1.42. The van der Waals surface area contributed by atoms with Crippen molar-refractivity contribution < 1.29 is 23.5 Å². The fraction of sp³-hybridized carbons (Fsp3) is 0.182. The predicted octanol–water partition coefficient (Wildman–Crippen LogP) is 3.68. The Morgan fingerprint density at radius 2 is 1.57 bits per heavy atom. The standard InChI is InChI=1S/C22H21ClN2O5/c1-28-18-4-2-3-5-19(18)29-14-17-10-11-20(30-17)22(27)25-13-12-24-21(26)15-6-8-16(23)9-7-15/h2-11H,12-14H2,1H3,(H,24,26)(H,25,27). The minimum absolute atomic E-state index is 0.158. The number of carbonyl (C=O) groups excluding carboxylic acids is 2. The van der Waals surface area contributed by atoms with Gasteiger partial charge in [0, 0.05) is 23.7 Å².